The van der Waals surface area contributed by atoms with Crippen molar-refractivity contribution in [1.82, 2.24) is 26.2 Å². The first-order valence-electron chi connectivity index (χ1n) is 29.6. The second-order valence-corrected chi connectivity index (χ2v) is 22.6. The van der Waals surface area contributed by atoms with Crippen LogP contribution in [0, 0.1) is 5.41 Å². The molecule has 494 valence electrons. The molecule has 5 aromatic rings. The van der Waals surface area contributed by atoms with Crippen LogP contribution in [0.3, 0.4) is 0 Å². The van der Waals surface area contributed by atoms with Crippen molar-refractivity contribution in [3.05, 3.63) is 125 Å². The van der Waals surface area contributed by atoms with E-state index in [4.69, 9.17) is 36.2 Å². The fourth-order valence-electron chi connectivity index (χ4n) is 10.5. The number of rotatable bonds is 25. The Morgan fingerprint density at radius 2 is 1.38 bits per heavy atom. The van der Waals surface area contributed by atoms with Crippen LogP contribution in [0.4, 0.5) is 21.9 Å². The van der Waals surface area contributed by atoms with Crippen molar-refractivity contribution in [2.75, 3.05) is 80.2 Å². The number of amides is 9. The number of carbonyl (C=O) groups excluding carboxylic acids is 9. The highest BCUT2D eigenvalue weighted by molar-refractivity contribution is 7.40. The maximum Gasteiger partial charge on any atom is 0.391 e. The van der Waals surface area contributed by atoms with Gasteiger partial charge < -0.3 is 75.5 Å². The van der Waals surface area contributed by atoms with E-state index >= 15 is 0 Å². The molecule has 92 heavy (non-hydrogen) atoms. The number of urea groups is 1. The van der Waals surface area contributed by atoms with Crippen molar-refractivity contribution in [3.8, 4) is 11.5 Å². The largest absolute Gasteiger partial charge is 0.426 e. The molecule has 0 radical (unpaired) electrons. The van der Waals surface area contributed by atoms with E-state index in [1.54, 1.807) is 28.0 Å². The summed E-state index contributed by atoms with van der Waals surface area (Å²) in [6.07, 6.45) is 18.3. The van der Waals surface area contributed by atoms with E-state index < -0.39 is 40.5 Å². The van der Waals surface area contributed by atoms with Crippen LogP contribution >= 0.6 is 40.4 Å². The Hall–Kier alpha value is -8.05. The molecule has 9 rings (SSSR count). The first-order valence-corrected chi connectivity index (χ1v) is 33.2. The van der Waals surface area contributed by atoms with E-state index in [0.29, 0.717) is 87.8 Å². The van der Waals surface area contributed by atoms with E-state index in [1.165, 1.54) is 23.4 Å². The average Bonchev–Trinajstić information content (AvgIpc) is 1.47. The molecule has 1 aliphatic carbocycles. The van der Waals surface area contributed by atoms with E-state index in [2.05, 4.69) is 38.2 Å². The van der Waals surface area contributed by atoms with Gasteiger partial charge >= 0.3 is 23.2 Å². The number of halogens is 2. The van der Waals surface area contributed by atoms with Gasteiger partial charge in [0.05, 0.1) is 17.9 Å². The van der Waals surface area contributed by atoms with Gasteiger partial charge in [0.15, 0.2) is 0 Å². The predicted octanol–water partition coefficient (Wildman–Crippen LogP) is 7.95. The highest BCUT2D eigenvalue weighted by Gasteiger charge is 2.50. The molecule has 4 aliphatic rings. The molecule has 3 aliphatic heterocycles. The van der Waals surface area contributed by atoms with Crippen LogP contribution in [0.15, 0.2) is 103 Å². The summed E-state index contributed by atoms with van der Waals surface area (Å²) in [7, 11) is -3.23. The quantitative estimate of drug-likeness (QED) is 0.00504. The summed E-state index contributed by atoms with van der Waals surface area (Å²) in [4.78, 5) is 146. The van der Waals surface area contributed by atoms with E-state index in [1.807, 2.05) is 106 Å². The third-order valence-corrected chi connectivity index (χ3v) is 16.1. The van der Waals surface area contributed by atoms with Crippen LogP contribution in [-0.4, -0.2) is 144 Å². The van der Waals surface area contributed by atoms with Crippen molar-refractivity contribution in [1.29, 1.82) is 0 Å². The number of nitrogens with one attached hydrogen (secondary N) is 5. The van der Waals surface area contributed by atoms with Crippen LogP contribution in [0.5, 0.6) is 11.5 Å². The molecule has 1 fully saturated rings. The van der Waals surface area contributed by atoms with Gasteiger partial charge in [0.2, 0.25) is 24.1 Å². The molecule has 1 saturated carbocycles. The summed E-state index contributed by atoms with van der Waals surface area (Å²) >= 11 is 10.7. The third kappa shape index (κ3) is 20.5. The van der Waals surface area contributed by atoms with Crippen LogP contribution < -0.4 is 51.2 Å². The monoisotopic (exact) mass is 1350 g/mol. The maximum atomic E-state index is 13.1. The molecule has 5 aromatic carbocycles. The Morgan fingerprint density at radius 1 is 0.761 bits per heavy atom. The summed E-state index contributed by atoms with van der Waals surface area (Å²) in [6, 6.07) is 24.1. The maximum absolute atomic E-state index is 13.1. The summed E-state index contributed by atoms with van der Waals surface area (Å²) in [5.41, 5.74) is 10.0. The van der Waals surface area contributed by atoms with Gasteiger partial charge in [-0.3, -0.25) is 38.5 Å². The number of alkyl halides is 2. The molecule has 1 unspecified atom stereocenters. The second kappa shape index (κ2) is 38.1. The molecular weight excluding hydrogens is 1270 g/mol. The lowest BCUT2D eigenvalue weighted by molar-refractivity contribution is -0.150. The van der Waals surface area contributed by atoms with Gasteiger partial charge in [-0.25, -0.2) is 4.79 Å². The van der Waals surface area contributed by atoms with Crippen LogP contribution in [0.25, 0.3) is 33.7 Å². The highest BCUT2D eigenvalue weighted by atomic mass is 35.5. The highest BCUT2D eigenvalue weighted by Crippen LogP contribution is 2.48. The average molecular weight is 1350 g/mol. The Balaban J connectivity index is 0.000000238. The number of unbranched alkanes of at least 4 members (excludes halogenated alkanes) is 2. The summed E-state index contributed by atoms with van der Waals surface area (Å²) in [5.74, 6) is -0.794. The Bertz CT molecular complexity index is 3480. The molecule has 0 aromatic heterocycles. The number of anilines is 3. The lowest BCUT2D eigenvalue weighted by Crippen LogP contribution is -2.56. The zero-order valence-corrected chi connectivity index (χ0v) is 54.9. The topological polar surface area (TPSA) is 349 Å². The Morgan fingerprint density at radius 3 is 1.93 bits per heavy atom. The molecule has 0 spiro atoms. The van der Waals surface area contributed by atoms with Gasteiger partial charge in [-0.1, -0.05) is 86.2 Å². The molecule has 28 heteroatoms. The first kappa shape index (κ1) is 74.7. The number of imide groups is 1. The minimum Gasteiger partial charge on any atom is -0.426 e. The SMILES string of the molecule is C/C=C/c1ccc(/C=C/C(=O)N2CCc3c2cc(OP(O)O)c2ccccc32)c(NC)c1.CCCNC(N)=O.CCl.O=CCCNC(=O)CNC(=O)C1(C(=O)NCCCCCN2C(=O)C=CC2=O)CCC1.O=CN1CC(CCl)c2c1cc(OP(O)O)c1ccccc21. The van der Waals surface area contributed by atoms with Crippen molar-refractivity contribution in [3.63, 3.8) is 0 Å². The van der Waals surface area contributed by atoms with Gasteiger partial charge in [-0.15, -0.1) is 23.2 Å². The van der Waals surface area contributed by atoms with Crippen molar-refractivity contribution < 1.29 is 71.8 Å². The number of benzene rings is 5. The Kier molecular flexibility index (Phi) is 30.9. The predicted molar refractivity (Wildman–Crippen MR) is 360 cm³/mol. The number of hydrogen-bond acceptors (Lipinski definition) is 16. The van der Waals surface area contributed by atoms with Crippen molar-refractivity contribution >= 4 is 145 Å². The molecule has 9 amide bonds. The molecule has 0 saturated heterocycles. The lowest BCUT2D eigenvalue weighted by Gasteiger charge is -2.38. The number of nitrogens with two attached hydrogens (primary N) is 1. The minimum absolute atomic E-state index is 0.0515. The summed E-state index contributed by atoms with van der Waals surface area (Å²) in [6.45, 7) is 6.39. The third-order valence-electron chi connectivity index (χ3n) is 15.0. The van der Waals surface area contributed by atoms with Crippen LogP contribution in [0.1, 0.15) is 93.4 Å². The second-order valence-electron chi connectivity index (χ2n) is 20.9. The number of allylic oxidation sites excluding steroid dienone is 1. The number of carbonyl (C=O) groups is 9. The normalized spacial score (nSPS) is 14.8. The smallest absolute Gasteiger partial charge is 0.391 e. The van der Waals surface area contributed by atoms with E-state index in [0.717, 1.165) is 87.3 Å². The fourth-order valence-corrected chi connectivity index (χ4v) is 11.4. The number of aldehydes is 1. The zero-order chi connectivity index (χ0) is 67.3. The lowest BCUT2D eigenvalue weighted by atomic mass is 9.67. The van der Waals surface area contributed by atoms with Crippen molar-refractivity contribution in [2.45, 2.75) is 77.6 Å². The molecule has 24 nitrogen and oxygen atoms in total. The Labute approximate surface area is 546 Å². The van der Waals surface area contributed by atoms with Crippen molar-refractivity contribution in [2.24, 2.45) is 11.1 Å². The van der Waals surface area contributed by atoms with Crippen LogP contribution in [0.2, 0.25) is 0 Å². The number of fused-ring (bicyclic) bond motifs is 6. The van der Waals surface area contributed by atoms with Gasteiger partial charge in [0, 0.05) is 118 Å². The summed E-state index contributed by atoms with van der Waals surface area (Å²) < 4.78 is 10.4. The first-order chi connectivity index (χ1) is 44.3. The standard InChI is InChI=1S/C25H25N2O4P.C20H28N4O6.C14H13ClNO4P.C4H10N2O.CH3Cl/c1-3-6-17-9-10-18(22(15-17)26-2)11-12-25(28)27-14-13-20-19-7-4-5-8-21(19)24(16-23(20)27)31-32(29)30;25-13-5-11-21-15(26)14-23-19(30)20(8-4-9-20)18(29)22-10-2-1-3-12-24-16(27)6-7-17(24)28;15-6-9-7-16(8-17)12-5-13(20-21(18)19)10-3-1-2-4-11(10)14(9)12;1-2-3-6-4(5)7;1-2/h3-12,15-16,26,29-30H,13-14H2,1-2H3;6-7,13H,1-5,8-12,14H2,(H,21,26)(H,22,29)(H,23,30);1-5,8-9,18-19H,6-7H2;2-3H2,1H3,(H3,5,6,7);1H3/b6-3+,12-11+;;;;. The van der Waals surface area contributed by atoms with Gasteiger partial charge in [-0.05, 0) is 97.0 Å². The van der Waals surface area contributed by atoms with Gasteiger partial charge in [0.1, 0.15) is 23.2 Å². The molecule has 11 N–H and O–H groups in total. The number of nitrogens with zero attached hydrogens (tertiary/aromatic N) is 3. The summed E-state index contributed by atoms with van der Waals surface area (Å²) in [5, 5.41) is 16.8. The zero-order valence-electron chi connectivity index (χ0n) is 51.6. The van der Waals surface area contributed by atoms with Gasteiger partial charge in [-0.2, -0.15) is 0 Å². The minimum atomic E-state index is -2.56. The van der Waals surface area contributed by atoms with Gasteiger partial charge in [0.25, 0.3) is 17.7 Å². The number of hydrogen-bond donors (Lipinski definition) is 10. The van der Waals surface area contributed by atoms with Crippen LogP contribution in [-0.2, 0) is 44.8 Å². The molecule has 1 atom stereocenters. The van der Waals surface area contributed by atoms with E-state index in [9.17, 15) is 52.9 Å². The number of primary amides is 1. The fraction of sp³-hybridized carbons (Fsp3) is 0.359. The van der Waals surface area contributed by atoms with E-state index in [-0.39, 0.29) is 49.1 Å². The molecule has 3 heterocycles. The molecule has 0 bridgehead atoms. The molecular formula is C64H79Cl2N9O15P2.